The number of aryl methyl sites for hydroxylation is 1. The Morgan fingerprint density at radius 2 is 1.80 bits per heavy atom. The highest BCUT2D eigenvalue weighted by molar-refractivity contribution is 5.95. The number of halogens is 2. The molecule has 0 heterocycles. The van der Waals surface area contributed by atoms with Gasteiger partial charge in [0.1, 0.15) is 11.6 Å². The number of ether oxygens (including phenoxy) is 1. The number of amides is 1. The third kappa shape index (κ3) is 5.67. The summed E-state index contributed by atoms with van der Waals surface area (Å²) in [5.74, 6) is -2.87. The van der Waals surface area contributed by atoms with Crippen molar-refractivity contribution in [2.24, 2.45) is 0 Å². The van der Waals surface area contributed by atoms with Gasteiger partial charge in [-0.2, -0.15) is 0 Å². The molecule has 2 rings (SSSR count). The van der Waals surface area contributed by atoms with Gasteiger partial charge in [-0.1, -0.05) is 25.5 Å². The zero-order valence-electron chi connectivity index (χ0n) is 13.9. The van der Waals surface area contributed by atoms with Gasteiger partial charge in [0.2, 0.25) is 0 Å². The number of carbonyl (C=O) groups excluding carboxylic acids is 2. The van der Waals surface area contributed by atoms with Crippen molar-refractivity contribution in [3.63, 3.8) is 0 Å². The Hall–Kier alpha value is -2.76. The van der Waals surface area contributed by atoms with Crippen molar-refractivity contribution in [1.82, 2.24) is 0 Å². The first-order valence-corrected chi connectivity index (χ1v) is 8.00. The molecule has 132 valence electrons. The van der Waals surface area contributed by atoms with E-state index in [1.807, 2.05) is 12.1 Å². The van der Waals surface area contributed by atoms with E-state index in [9.17, 15) is 18.4 Å². The van der Waals surface area contributed by atoms with Crippen LogP contribution in [0, 0.1) is 11.6 Å². The van der Waals surface area contributed by atoms with E-state index in [4.69, 9.17) is 4.74 Å². The highest BCUT2D eigenvalue weighted by Gasteiger charge is 2.12. The Morgan fingerprint density at radius 3 is 2.48 bits per heavy atom. The van der Waals surface area contributed by atoms with Crippen LogP contribution in [0.25, 0.3) is 0 Å². The van der Waals surface area contributed by atoms with Crippen molar-refractivity contribution >= 4 is 17.6 Å². The van der Waals surface area contributed by atoms with E-state index in [2.05, 4.69) is 12.2 Å². The van der Waals surface area contributed by atoms with Crippen molar-refractivity contribution in [2.45, 2.75) is 26.2 Å². The van der Waals surface area contributed by atoms with Gasteiger partial charge in [0, 0.05) is 6.07 Å². The van der Waals surface area contributed by atoms with Gasteiger partial charge in [0.05, 0.1) is 11.3 Å². The van der Waals surface area contributed by atoms with Gasteiger partial charge in [0.15, 0.2) is 6.61 Å². The molecular formula is C19H19F2NO3. The molecule has 2 aromatic rings. The Balaban J connectivity index is 1.86. The first-order valence-electron chi connectivity index (χ1n) is 8.00. The van der Waals surface area contributed by atoms with Gasteiger partial charge in [0.25, 0.3) is 5.91 Å². The van der Waals surface area contributed by atoms with Crippen LogP contribution in [0.5, 0.6) is 0 Å². The molecule has 0 atom stereocenters. The summed E-state index contributed by atoms with van der Waals surface area (Å²) in [7, 11) is 0. The van der Waals surface area contributed by atoms with E-state index < -0.39 is 30.1 Å². The number of nitrogens with one attached hydrogen (secondary N) is 1. The van der Waals surface area contributed by atoms with Gasteiger partial charge >= 0.3 is 5.97 Å². The lowest BCUT2D eigenvalue weighted by Crippen LogP contribution is -2.21. The lowest BCUT2D eigenvalue weighted by atomic mass is 10.1. The van der Waals surface area contributed by atoms with Crippen LogP contribution in [0.4, 0.5) is 14.5 Å². The third-order valence-electron chi connectivity index (χ3n) is 3.55. The van der Waals surface area contributed by atoms with Crippen LogP contribution in [0.1, 0.15) is 35.7 Å². The molecule has 0 aromatic heterocycles. The highest BCUT2D eigenvalue weighted by Crippen LogP contribution is 2.15. The van der Waals surface area contributed by atoms with Crippen molar-refractivity contribution in [1.29, 1.82) is 0 Å². The van der Waals surface area contributed by atoms with Gasteiger partial charge < -0.3 is 10.1 Å². The Bertz CT molecular complexity index is 745. The lowest BCUT2D eigenvalue weighted by Gasteiger charge is -2.08. The van der Waals surface area contributed by atoms with Gasteiger partial charge in [-0.25, -0.2) is 13.6 Å². The molecule has 0 aliphatic carbocycles. The Morgan fingerprint density at radius 1 is 1.08 bits per heavy atom. The molecule has 6 heteroatoms. The normalized spacial score (nSPS) is 10.4. The summed E-state index contributed by atoms with van der Waals surface area (Å²) in [5, 5.41) is 2.16. The second-order valence-electron chi connectivity index (χ2n) is 5.55. The second-order valence-corrected chi connectivity index (χ2v) is 5.55. The standard InChI is InChI=1S/C19H19F2NO3/c1-2-3-4-13-5-7-14(8-6-13)19(24)25-12-18(23)22-17-11-15(20)9-10-16(17)21/h5-11H,2-4,12H2,1H3,(H,22,23). The number of unbranched alkanes of at least 4 members (excludes halogenated alkanes) is 1. The molecule has 0 saturated carbocycles. The Kier molecular flexibility index (Phi) is 6.62. The number of benzene rings is 2. The molecule has 1 amide bonds. The van der Waals surface area contributed by atoms with Crippen molar-refractivity contribution in [3.8, 4) is 0 Å². The number of rotatable bonds is 7. The summed E-state index contributed by atoms with van der Waals surface area (Å²) in [4.78, 5) is 23.6. The maximum Gasteiger partial charge on any atom is 0.338 e. The maximum absolute atomic E-state index is 13.4. The van der Waals surface area contributed by atoms with E-state index in [1.165, 1.54) is 0 Å². The van der Waals surface area contributed by atoms with Crippen LogP contribution in [0.15, 0.2) is 42.5 Å². The molecule has 0 radical (unpaired) electrons. The maximum atomic E-state index is 13.4. The fourth-order valence-corrected chi connectivity index (χ4v) is 2.18. The summed E-state index contributed by atoms with van der Waals surface area (Å²) in [6.07, 6.45) is 3.10. The quantitative estimate of drug-likeness (QED) is 0.767. The van der Waals surface area contributed by atoms with Gasteiger partial charge in [-0.15, -0.1) is 0 Å². The largest absolute Gasteiger partial charge is 0.452 e. The zero-order valence-corrected chi connectivity index (χ0v) is 13.9. The lowest BCUT2D eigenvalue weighted by molar-refractivity contribution is -0.119. The zero-order chi connectivity index (χ0) is 18.2. The number of carbonyl (C=O) groups is 2. The van der Waals surface area contributed by atoms with Crippen molar-refractivity contribution in [3.05, 3.63) is 65.2 Å². The highest BCUT2D eigenvalue weighted by atomic mass is 19.1. The molecule has 0 aliphatic heterocycles. The SMILES string of the molecule is CCCCc1ccc(C(=O)OCC(=O)Nc2cc(F)ccc2F)cc1. The van der Waals surface area contributed by atoms with E-state index in [0.717, 1.165) is 43.0 Å². The molecule has 0 saturated heterocycles. The predicted octanol–water partition coefficient (Wildman–Crippen LogP) is 4.10. The van der Waals surface area contributed by atoms with Crippen LogP contribution >= 0.6 is 0 Å². The minimum absolute atomic E-state index is 0.304. The van der Waals surface area contributed by atoms with Crippen LogP contribution in [0.3, 0.4) is 0 Å². The molecule has 0 aliphatic rings. The summed E-state index contributed by atoms with van der Waals surface area (Å²) in [6.45, 7) is 1.51. The summed E-state index contributed by atoms with van der Waals surface area (Å²) < 4.78 is 31.4. The van der Waals surface area contributed by atoms with E-state index in [0.29, 0.717) is 5.56 Å². The average molecular weight is 347 g/mol. The second kappa shape index (κ2) is 8.92. The van der Waals surface area contributed by atoms with Crippen LogP contribution in [-0.2, 0) is 16.0 Å². The van der Waals surface area contributed by atoms with Gasteiger partial charge in [-0.05, 0) is 42.7 Å². The van der Waals surface area contributed by atoms with Gasteiger partial charge in [-0.3, -0.25) is 4.79 Å². The monoisotopic (exact) mass is 347 g/mol. The summed E-state index contributed by atoms with van der Waals surface area (Å²) >= 11 is 0. The van der Waals surface area contributed by atoms with Crippen LogP contribution in [-0.4, -0.2) is 18.5 Å². The molecule has 0 fully saturated rings. The molecule has 1 N–H and O–H groups in total. The third-order valence-corrected chi connectivity index (χ3v) is 3.55. The Labute approximate surface area is 144 Å². The van der Waals surface area contributed by atoms with Crippen molar-refractivity contribution < 1.29 is 23.1 Å². The molecular weight excluding hydrogens is 328 g/mol. The molecule has 0 spiro atoms. The molecule has 2 aromatic carbocycles. The first kappa shape index (κ1) is 18.6. The fourth-order valence-electron chi connectivity index (χ4n) is 2.18. The van der Waals surface area contributed by atoms with Crippen LogP contribution < -0.4 is 5.32 Å². The van der Waals surface area contributed by atoms with Crippen LogP contribution in [0.2, 0.25) is 0 Å². The van der Waals surface area contributed by atoms with E-state index >= 15 is 0 Å². The smallest absolute Gasteiger partial charge is 0.338 e. The average Bonchev–Trinajstić information content (AvgIpc) is 2.61. The molecule has 0 unspecified atom stereocenters. The predicted molar refractivity (Wildman–Crippen MR) is 90.3 cm³/mol. The first-order chi connectivity index (χ1) is 12.0. The minimum Gasteiger partial charge on any atom is -0.452 e. The minimum atomic E-state index is -0.774. The number of hydrogen-bond acceptors (Lipinski definition) is 3. The number of esters is 1. The fraction of sp³-hybridized carbons (Fsp3) is 0.263. The summed E-state index contributed by atoms with van der Waals surface area (Å²) in [5.41, 5.74) is 1.14. The molecule has 25 heavy (non-hydrogen) atoms. The van der Waals surface area contributed by atoms with E-state index in [-0.39, 0.29) is 5.69 Å². The molecule has 0 bridgehead atoms. The van der Waals surface area contributed by atoms with Crippen molar-refractivity contribution in [2.75, 3.05) is 11.9 Å². The molecule has 4 nitrogen and oxygen atoms in total. The topological polar surface area (TPSA) is 55.4 Å². The number of anilines is 1. The van der Waals surface area contributed by atoms with E-state index in [1.54, 1.807) is 12.1 Å². The summed E-state index contributed by atoms with van der Waals surface area (Å²) in [6, 6.07) is 9.65. The number of hydrogen-bond donors (Lipinski definition) is 1.